The predicted molar refractivity (Wildman–Crippen MR) is 136 cm³/mol. The molecule has 0 spiro atoms. The molecule has 2 aromatic rings. The van der Waals surface area contributed by atoms with Crippen LogP contribution in [0.1, 0.15) is 51.2 Å². The topological polar surface area (TPSA) is 38.8 Å². The zero-order valence-electron chi connectivity index (χ0n) is 20.3. The number of esters is 1. The molecule has 0 unspecified atom stereocenters. The van der Waals surface area contributed by atoms with Gasteiger partial charge in [0, 0.05) is 30.3 Å². The summed E-state index contributed by atoms with van der Waals surface area (Å²) in [6.45, 7) is 7.93. The molecule has 0 radical (unpaired) electrons. The van der Waals surface area contributed by atoms with Crippen LogP contribution in [0, 0.1) is 5.41 Å². The monoisotopic (exact) mass is 483 g/mol. The van der Waals surface area contributed by atoms with E-state index in [0.29, 0.717) is 12.2 Å². The number of fused-ring (bicyclic) bond motifs is 1. The zero-order valence-corrected chi connectivity index (χ0v) is 21.1. The number of carbonyl (C=O) groups excluding carboxylic acids is 1. The summed E-state index contributed by atoms with van der Waals surface area (Å²) in [6, 6.07) is 14.2. The summed E-state index contributed by atoms with van der Waals surface area (Å²) in [5.74, 6) is 2.21. The van der Waals surface area contributed by atoms with Crippen LogP contribution in [-0.2, 0) is 4.79 Å². The van der Waals surface area contributed by atoms with Gasteiger partial charge in [0.1, 0.15) is 17.6 Å². The Morgan fingerprint density at radius 2 is 1.91 bits per heavy atom. The van der Waals surface area contributed by atoms with Gasteiger partial charge in [0.15, 0.2) is 0 Å². The third kappa shape index (κ3) is 6.22. The molecule has 182 valence electrons. The second-order valence-corrected chi connectivity index (χ2v) is 11.1. The van der Waals surface area contributed by atoms with Gasteiger partial charge >= 0.3 is 5.97 Å². The average Bonchev–Trinajstić information content (AvgIpc) is 3.14. The molecule has 2 heterocycles. The third-order valence-corrected chi connectivity index (χ3v) is 7.20. The molecule has 2 aliphatic rings. The first kappa shape index (κ1) is 24.8. The van der Waals surface area contributed by atoms with Crippen LogP contribution in [0.5, 0.6) is 11.5 Å². The van der Waals surface area contributed by atoms with Gasteiger partial charge in [-0.15, -0.1) is 11.8 Å². The molecule has 4 nitrogen and oxygen atoms in total. The van der Waals surface area contributed by atoms with Crippen molar-refractivity contribution in [3.63, 3.8) is 0 Å². The number of hydrogen-bond acceptors (Lipinski definition) is 5. The molecule has 0 bridgehead atoms. The minimum atomic E-state index is -0.556. The number of allylic oxidation sites excluding steroid dienone is 1. The number of alkyl halides is 1. The summed E-state index contributed by atoms with van der Waals surface area (Å²) in [7, 11) is 0. The molecule has 34 heavy (non-hydrogen) atoms. The number of carbonyl (C=O) groups is 1. The number of thioether (sulfide) groups is 1. The molecule has 0 aromatic heterocycles. The van der Waals surface area contributed by atoms with Crippen molar-refractivity contribution in [3.8, 4) is 11.5 Å². The van der Waals surface area contributed by atoms with Gasteiger partial charge in [-0.25, -0.2) is 0 Å². The van der Waals surface area contributed by atoms with Gasteiger partial charge in [-0.2, -0.15) is 0 Å². The number of hydrogen-bond donors (Lipinski definition) is 0. The number of likely N-dealkylation sites (tertiary alicyclic amines) is 1. The van der Waals surface area contributed by atoms with E-state index in [4.69, 9.17) is 9.47 Å². The van der Waals surface area contributed by atoms with E-state index in [1.807, 2.05) is 56.8 Å². The second-order valence-electron chi connectivity index (χ2n) is 9.95. The lowest BCUT2D eigenvalue weighted by molar-refractivity contribution is -0.143. The van der Waals surface area contributed by atoms with Gasteiger partial charge < -0.3 is 9.47 Å². The summed E-state index contributed by atoms with van der Waals surface area (Å²) in [5.41, 5.74) is 2.80. The summed E-state index contributed by atoms with van der Waals surface area (Å²) in [4.78, 5) is 15.9. The van der Waals surface area contributed by atoms with E-state index in [-0.39, 0.29) is 18.7 Å². The smallest absolute Gasteiger partial charge is 0.316 e. The van der Waals surface area contributed by atoms with E-state index >= 15 is 0 Å². The van der Waals surface area contributed by atoms with Crippen LogP contribution < -0.4 is 9.47 Å². The summed E-state index contributed by atoms with van der Waals surface area (Å²) < 4.78 is 24.3. The Morgan fingerprint density at radius 1 is 1.15 bits per heavy atom. The largest absolute Gasteiger partial charge is 0.489 e. The molecule has 4 rings (SSSR count). The molecule has 0 amide bonds. The fraction of sp³-hybridized carbons (Fsp3) is 0.464. The SMILES string of the molecule is CC(C)(C)C(=O)Oc1ccc2c(c1)C(c1ccc(O[C@H]3CCN(CCCF)C3)cc1)=CCCS2. The van der Waals surface area contributed by atoms with Gasteiger partial charge in [-0.1, -0.05) is 18.2 Å². The molecule has 1 atom stereocenters. The van der Waals surface area contributed by atoms with Crippen LogP contribution in [0.15, 0.2) is 53.4 Å². The fourth-order valence-corrected chi connectivity index (χ4v) is 5.15. The molecule has 6 heteroatoms. The molecular weight excluding hydrogens is 449 g/mol. The van der Waals surface area contributed by atoms with Crippen molar-refractivity contribution in [3.05, 3.63) is 59.7 Å². The maximum atomic E-state index is 12.4. The summed E-state index contributed by atoms with van der Waals surface area (Å²) in [6.07, 6.45) is 4.96. The van der Waals surface area contributed by atoms with Crippen LogP contribution in [0.3, 0.4) is 0 Å². The highest BCUT2D eigenvalue weighted by molar-refractivity contribution is 7.99. The van der Waals surface area contributed by atoms with Crippen LogP contribution in [0.4, 0.5) is 4.39 Å². The molecule has 1 saturated heterocycles. The number of halogens is 1. The summed E-state index contributed by atoms with van der Waals surface area (Å²) >= 11 is 1.83. The Labute approximate surface area is 206 Å². The second kappa shape index (κ2) is 11.0. The lowest BCUT2D eigenvalue weighted by Gasteiger charge is -2.18. The van der Waals surface area contributed by atoms with Crippen molar-refractivity contribution in [2.75, 3.05) is 32.1 Å². The van der Waals surface area contributed by atoms with Gasteiger partial charge in [-0.05, 0) is 87.1 Å². The zero-order chi connectivity index (χ0) is 24.1. The van der Waals surface area contributed by atoms with Crippen molar-refractivity contribution in [1.29, 1.82) is 0 Å². The highest BCUT2D eigenvalue weighted by Gasteiger charge is 2.25. The minimum absolute atomic E-state index is 0.153. The Hall–Kier alpha value is -2.31. The van der Waals surface area contributed by atoms with Gasteiger partial charge in [-0.3, -0.25) is 14.1 Å². The van der Waals surface area contributed by atoms with Crippen molar-refractivity contribution in [2.24, 2.45) is 5.41 Å². The fourth-order valence-electron chi connectivity index (χ4n) is 4.21. The van der Waals surface area contributed by atoms with Crippen molar-refractivity contribution >= 4 is 23.3 Å². The van der Waals surface area contributed by atoms with E-state index < -0.39 is 5.41 Å². The van der Waals surface area contributed by atoms with Crippen LogP contribution in [0.25, 0.3) is 5.57 Å². The van der Waals surface area contributed by atoms with E-state index in [2.05, 4.69) is 29.2 Å². The average molecular weight is 484 g/mol. The van der Waals surface area contributed by atoms with Gasteiger partial charge in [0.2, 0.25) is 0 Å². The highest BCUT2D eigenvalue weighted by atomic mass is 32.2. The van der Waals surface area contributed by atoms with Gasteiger partial charge in [0.05, 0.1) is 12.1 Å². The van der Waals surface area contributed by atoms with Crippen molar-refractivity contribution in [1.82, 2.24) is 4.90 Å². The Morgan fingerprint density at radius 3 is 2.65 bits per heavy atom. The molecule has 0 saturated carbocycles. The van der Waals surface area contributed by atoms with Crippen LogP contribution >= 0.6 is 11.8 Å². The molecule has 0 N–H and O–H groups in total. The number of benzene rings is 2. The lowest BCUT2D eigenvalue weighted by atomic mass is 9.96. The quantitative estimate of drug-likeness (QED) is 0.338. The van der Waals surface area contributed by atoms with Crippen molar-refractivity contribution in [2.45, 2.75) is 51.0 Å². The molecule has 0 aliphatic carbocycles. The number of nitrogens with zero attached hydrogens (tertiary/aromatic N) is 1. The van der Waals surface area contributed by atoms with E-state index in [0.717, 1.165) is 60.7 Å². The first-order chi connectivity index (χ1) is 16.3. The Balaban J connectivity index is 1.48. The number of rotatable bonds is 7. The van der Waals surface area contributed by atoms with Crippen molar-refractivity contribution < 1.29 is 18.7 Å². The Bertz CT molecular complexity index is 1030. The third-order valence-electron chi connectivity index (χ3n) is 6.09. The van der Waals surface area contributed by atoms with E-state index in [9.17, 15) is 9.18 Å². The maximum absolute atomic E-state index is 12.4. The maximum Gasteiger partial charge on any atom is 0.316 e. The molecule has 1 fully saturated rings. The van der Waals surface area contributed by atoms with E-state index in [1.165, 1.54) is 4.90 Å². The van der Waals surface area contributed by atoms with Crippen LogP contribution in [-0.4, -0.2) is 49.0 Å². The highest BCUT2D eigenvalue weighted by Crippen LogP contribution is 2.39. The van der Waals surface area contributed by atoms with Crippen LogP contribution in [0.2, 0.25) is 0 Å². The Kier molecular flexibility index (Phi) is 7.99. The predicted octanol–water partition coefficient (Wildman–Crippen LogP) is 6.38. The normalized spacial score (nSPS) is 18.7. The van der Waals surface area contributed by atoms with Gasteiger partial charge in [0.25, 0.3) is 0 Å². The standard InChI is InChI=1S/C28H34FNO3S/c1-28(2,3)27(31)33-22-11-12-26-25(18-22)24(6-4-17-34-26)20-7-9-21(10-8-20)32-23-13-16-30(19-23)15-5-14-29/h6-12,18,23H,4-5,13-17,19H2,1-3H3/t23-/m0/s1. The summed E-state index contributed by atoms with van der Waals surface area (Å²) in [5, 5.41) is 0. The molecular formula is C28H34FNO3S. The number of ether oxygens (including phenoxy) is 2. The van der Waals surface area contributed by atoms with E-state index in [1.54, 1.807) is 0 Å². The first-order valence-corrected chi connectivity index (χ1v) is 13.1. The lowest BCUT2D eigenvalue weighted by Crippen LogP contribution is -2.26. The molecule has 2 aromatic carbocycles. The first-order valence-electron chi connectivity index (χ1n) is 12.1. The minimum Gasteiger partial charge on any atom is -0.489 e. The molecule has 2 aliphatic heterocycles.